The van der Waals surface area contributed by atoms with Crippen molar-refractivity contribution < 1.29 is 23.9 Å². The Morgan fingerprint density at radius 3 is 2.21 bits per heavy atom. The molecule has 0 unspecified atom stereocenters. The summed E-state index contributed by atoms with van der Waals surface area (Å²) in [5, 5.41) is 0. The number of rotatable bonds is 2. The highest BCUT2D eigenvalue weighted by Crippen LogP contribution is 2.35. The molecule has 0 aliphatic carbocycles. The van der Waals surface area contributed by atoms with Gasteiger partial charge in [0.1, 0.15) is 5.60 Å². The summed E-state index contributed by atoms with van der Waals surface area (Å²) in [5.41, 5.74) is 0.431. The van der Waals surface area contributed by atoms with Crippen LogP contribution in [-0.2, 0) is 9.47 Å². The third-order valence-corrected chi connectivity index (χ3v) is 5.23. The molecule has 2 aliphatic rings. The number of methoxy groups -OCH3 is 1. The molecule has 2 saturated heterocycles. The highest BCUT2D eigenvalue weighted by molar-refractivity contribution is 5.93. The molecule has 0 bridgehead atoms. The monoisotopic (exact) mass is 403 g/mol. The van der Waals surface area contributed by atoms with E-state index in [-0.39, 0.29) is 30.8 Å². The minimum Gasteiger partial charge on any atom is -0.452 e. The lowest BCUT2D eigenvalue weighted by atomic mass is 9.99. The lowest BCUT2D eigenvalue weighted by Gasteiger charge is -2.39. The summed E-state index contributed by atoms with van der Waals surface area (Å²) in [6, 6.07) is 9.03. The molecule has 0 saturated carbocycles. The largest absolute Gasteiger partial charge is 0.452 e. The number of hydrogen-bond acceptors (Lipinski definition) is 5. The molecule has 1 aromatic rings. The molecule has 3 rings (SSSR count). The molecule has 2 heterocycles. The molecule has 2 aliphatic heterocycles. The fourth-order valence-corrected chi connectivity index (χ4v) is 3.88. The summed E-state index contributed by atoms with van der Waals surface area (Å²) in [6.45, 7) is 6.78. The number of benzene rings is 1. The molecule has 0 spiro atoms. The molecule has 0 aromatic heterocycles. The quantitative estimate of drug-likeness (QED) is 0.753. The maximum atomic E-state index is 13.0. The van der Waals surface area contributed by atoms with E-state index in [1.54, 1.807) is 9.80 Å². The van der Waals surface area contributed by atoms with Gasteiger partial charge in [-0.25, -0.2) is 19.3 Å². The van der Waals surface area contributed by atoms with Gasteiger partial charge in [0.15, 0.2) is 0 Å². The minimum absolute atomic E-state index is 0.0685. The topological polar surface area (TPSA) is 79.4 Å². The van der Waals surface area contributed by atoms with Gasteiger partial charge >= 0.3 is 18.2 Å². The van der Waals surface area contributed by atoms with Gasteiger partial charge in [-0.3, -0.25) is 0 Å². The van der Waals surface area contributed by atoms with Crippen LogP contribution < -0.4 is 0 Å². The zero-order valence-electron chi connectivity index (χ0n) is 17.5. The van der Waals surface area contributed by atoms with Gasteiger partial charge in [-0.15, -0.1) is 0 Å². The van der Waals surface area contributed by atoms with Crippen molar-refractivity contribution in [2.75, 3.05) is 26.7 Å². The van der Waals surface area contributed by atoms with Gasteiger partial charge < -0.3 is 19.3 Å². The summed E-state index contributed by atoms with van der Waals surface area (Å²) >= 11 is 0. The first kappa shape index (κ1) is 21.0. The predicted molar refractivity (Wildman–Crippen MR) is 106 cm³/mol. The van der Waals surface area contributed by atoms with E-state index in [0.717, 1.165) is 10.5 Å². The lowest BCUT2D eigenvalue weighted by Crippen LogP contribution is -2.49. The number of hydrogen-bond donors (Lipinski definition) is 0. The van der Waals surface area contributed by atoms with Crippen molar-refractivity contribution in [1.82, 2.24) is 14.7 Å². The number of piperidine rings is 1. The number of carbonyl (C=O) groups is 3. The number of ether oxygens (including phenoxy) is 2. The van der Waals surface area contributed by atoms with E-state index in [4.69, 9.17) is 9.47 Å². The first-order valence-electron chi connectivity index (χ1n) is 9.92. The van der Waals surface area contributed by atoms with Crippen LogP contribution >= 0.6 is 0 Å². The smallest absolute Gasteiger partial charge is 0.417 e. The van der Waals surface area contributed by atoms with E-state index in [2.05, 4.69) is 0 Å². The van der Waals surface area contributed by atoms with Crippen LogP contribution in [0.1, 0.15) is 45.2 Å². The van der Waals surface area contributed by atoms with Crippen molar-refractivity contribution in [2.24, 2.45) is 0 Å². The summed E-state index contributed by atoms with van der Waals surface area (Å²) in [4.78, 5) is 42.1. The Bertz CT molecular complexity index is 753. The minimum atomic E-state index is -0.648. The van der Waals surface area contributed by atoms with E-state index >= 15 is 0 Å². The second kappa shape index (κ2) is 8.31. The molecular weight excluding hydrogens is 374 g/mol. The van der Waals surface area contributed by atoms with Crippen molar-refractivity contribution in [3.8, 4) is 0 Å². The van der Waals surface area contributed by atoms with Crippen LogP contribution in [0.25, 0.3) is 0 Å². The Labute approximate surface area is 171 Å². The zero-order valence-corrected chi connectivity index (χ0v) is 17.5. The Hall–Kier alpha value is -2.77. The van der Waals surface area contributed by atoms with Gasteiger partial charge in [-0.05, 0) is 39.2 Å². The lowest BCUT2D eigenvalue weighted by molar-refractivity contribution is 0.0158. The maximum Gasteiger partial charge on any atom is 0.417 e. The Morgan fingerprint density at radius 2 is 1.66 bits per heavy atom. The van der Waals surface area contributed by atoms with E-state index in [1.807, 2.05) is 51.1 Å². The average molecular weight is 403 g/mol. The van der Waals surface area contributed by atoms with Crippen molar-refractivity contribution >= 4 is 18.2 Å². The van der Waals surface area contributed by atoms with Gasteiger partial charge in [0.25, 0.3) is 0 Å². The SMILES string of the molecule is COC(=O)N1C[C@@H](c2ccccc2)N(C2CCN(C(=O)OC(C)(C)C)CC2)C1=O. The van der Waals surface area contributed by atoms with Gasteiger partial charge in [-0.2, -0.15) is 0 Å². The van der Waals surface area contributed by atoms with E-state index < -0.39 is 11.7 Å². The molecule has 1 aromatic carbocycles. The number of imide groups is 1. The van der Waals surface area contributed by atoms with Crippen LogP contribution in [-0.4, -0.2) is 71.3 Å². The average Bonchev–Trinajstić information content (AvgIpc) is 3.04. The first-order chi connectivity index (χ1) is 13.7. The van der Waals surface area contributed by atoms with Crippen molar-refractivity contribution in [2.45, 2.75) is 51.3 Å². The molecular formula is C21H29N3O5. The van der Waals surface area contributed by atoms with Crippen LogP contribution in [0.5, 0.6) is 0 Å². The van der Waals surface area contributed by atoms with Crippen LogP contribution in [0.4, 0.5) is 14.4 Å². The molecule has 158 valence electrons. The van der Waals surface area contributed by atoms with Gasteiger partial charge in [-0.1, -0.05) is 30.3 Å². The number of likely N-dealkylation sites (tertiary alicyclic amines) is 1. The number of amides is 4. The molecule has 0 N–H and O–H groups in total. The van der Waals surface area contributed by atoms with Crippen LogP contribution in [0, 0.1) is 0 Å². The zero-order chi connectivity index (χ0) is 21.2. The molecule has 1 atom stereocenters. The Morgan fingerprint density at radius 1 is 1.03 bits per heavy atom. The normalized spacial score (nSPS) is 20.8. The summed E-state index contributed by atoms with van der Waals surface area (Å²) in [7, 11) is 1.27. The molecule has 29 heavy (non-hydrogen) atoms. The predicted octanol–water partition coefficient (Wildman–Crippen LogP) is 3.63. The number of nitrogens with zero attached hydrogens (tertiary/aromatic N) is 3. The van der Waals surface area contributed by atoms with Crippen LogP contribution in [0.2, 0.25) is 0 Å². The summed E-state index contributed by atoms with van der Waals surface area (Å²) in [6.07, 6.45) is 0.274. The van der Waals surface area contributed by atoms with Crippen molar-refractivity contribution in [3.05, 3.63) is 35.9 Å². The molecule has 2 fully saturated rings. The van der Waals surface area contributed by atoms with Crippen molar-refractivity contribution in [1.29, 1.82) is 0 Å². The fraction of sp³-hybridized carbons (Fsp3) is 0.571. The first-order valence-corrected chi connectivity index (χ1v) is 9.92. The maximum absolute atomic E-state index is 13.0. The standard InChI is InChI=1S/C21H29N3O5/c1-21(2,3)29-19(26)22-12-10-16(11-13-22)24-17(15-8-6-5-7-9-15)14-23(18(24)25)20(27)28-4/h5-9,16-17H,10-14H2,1-4H3/t17-/m0/s1. The number of carbonyl (C=O) groups excluding carboxylic acids is 3. The van der Waals surface area contributed by atoms with Crippen molar-refractivity contribution in [3.63, 3.8) is 0 Å². The third-order valence-electron chi connectivity index (χ3n) is 5.23. The molecule has 0 radical (unpaired) electrons. The van der Waals surface area contributed by atoms with Crippen LogP contribution in [0.3, 0.4) is 0 Å². The molecule has 4 amide bonds. The Balaban J connectivity index is 1.74. The second-order valence-corrected chi connectivity index (χ2v) is 8.40. The summed E-state index contributed by atoms with van der Waals surface area (Å²) in [5.74, 6) is 0. The van der Waals surface area contributed by atoms with E-state index in [1.165, 1.54) is 7.11 Å². The highest BCUT2D eigenvalue weighted by atomic mass is 16.6. The van der Waals surface area contributed by atoms with E-state index in [0.29, 0.717) is 25.9 Å². The number of urea groups is 1. The summed E-state index contributed by atoms with van der Waals surface area (Å²) < 4.78 is 10.2. The second-order valence-electron chi connectivity index (χ2n) is 8.40. The van der Waals surface area contributed by atoms with Gasteiger partial charge in [0.2, 0.25) is 0 Å². The van der Waals surface area contributed by atoms with E-state index in [9.17, 15) is 14.4 Å². The van der Waals surface area contributed by atoms with Gasteiger partial charge in [0, 0.05) is 19.1 Å². The highest BCUT2D eigenvalue weighted by Gasteiger charge is 2.46. The molecule has 8 nitrogen and oxygen atoms in total. The molecule has 8 heteroatoms. The Kier molecular flexibility index (Phi) is 6.00. The van der Waals surface area contributed by atoms with Gasteiger partial charge in [0.05, 0.1) is 19.7 Å². The van der Waals surface area contributed by atoms with Crippen LogP contribution in [0.15, 0.2) is 30.3 Å². The third kappa shape index (κ3) is 4.63. The fourth-order valence-electron chi connectivity index (χ4n) is 3.88.